The lowest BCUT2D eigenvalue weighted by Crippen LogP contribution is -2.35. The molecule has 1 unspecified atom stereocenters. The van der Waals surface area contributed by atoms with Crippen LogP contribution in [0.1, 0.15) is 99.2 Å². The maximum Gasteiger partial charge on any atom is 0.341 e. The van der Waals surface area contributed by atoms with Crippen molar-refractivity contribution >= 4 is 17.6 Å². The largest absolute Gasteiger partial charge is 0.493 e. The van der Waals surface area contributed by atoms with Crippen molar-refractivity contribution in [1.82, 2.24) is 5.32 Å². The van der Waals surface area contributed by atoms with Crippen LogP contribution in [-0.4, -0.2) is 38.2 Å². The van der Waals surface area contributed by atoms with Crippen LogP contribution in [-0.2, 0) is 16.0 Å². The van der Waals surface area contributed by atoms with Crippen molar-refractivity contribution in [3.63, 3.8) is 0 Å². The monoisotopic (exact) mass is 520 g/mol. The van der Waals surface area contributed by atoms with Gasteiger partial charge in [0.2, 0.25) is 5.91 Å². The van der Waals surface area contributed by atoms with Crippen LogP contribution in [0.2, 0.25) is 0 Å². The van der Waals surface area contributed by atoms with Crippen molar-refractivity contribution in [2.24, 2.45) is 5.92 Å². The standard InChI is InChI=1S/C32H44N2O4/c1-3-37-30-22-25(17-18-27(30)32(36)38-4-2)23-31(35)33-28(21-24-13-7-5-8-14-24)26-15-9-10-16-29(26)34-19-11-6-12-20-34/h9-10,15-18,22,24,28H,3-8,11-14,19-21,23H2,1-2H3,(H,33,35). The summed E-state index contributed by atoms with van der Waals surface area (Å²) < 4.78 is 10.9. The summed E-state index contributed by atoms with van der Waals surface area (Å²) in [4.78, 5) is 28.3. The van der Waals surface area contributed by atoms with E-state index in [9.17, 15) is 9.59 Å². The number of carbonyl (C=O) groups is 2. The molecule has 1 N–H and O–H groups in total. The fourth-order valence-corrected chi connectivity index (χ4v) is 5.98. The molecule has 6 nitrogen and oxygen atoms in total. The molecule has 4 rings (SSSR count). The molecule has 1 aliphatic heterocycles. The van der Waals surface area contributed by atoms with Crippen LogP contribution in [0.5, 0.6) is 5.75 Å². The number of para-hydroxylation sites is 1. The van der Waals surface area contributed by atoms with Gasteiger partial charge < -0.3 is 19.7 Å². The zero-order valence-corrected chi connectivity index (χ0v) is 23.2. The van der Waals surface area contributed by atoms with Gasteiger partial charge in [0.05, 0.1) is 25.7 Å². The highest BCUT2D eigenvalue weighted by molar-refractivity contribution is 5.93. The third kappa shape index (κ3) is 7.52. The molecule has 1 amide bonds. The molecule has 2 fully saturated rings. The van der Waals surface area contributed by atoms with Crippen molar-refractivity contribution in [2.75, 3.05) is 31.2 Å². The molecule has 38 heavy (non-hydrogen) atoms. The maximum atomic E-state index is 13.5. The van der Waals surface area contributed by atoms with E-state index in [-0.39, 0.29) is 18.4 Å². The second kappa shape index (κ2) is 14.2. The summed E-state index contributed by atoms with van der Waals surface area (Å²) >= 11 is 0. The van der Waals surface area contributed by atoms with E-state index in [0.717, 1.165) is 25.1 Å². The molecular formula is C32H44N2O4. The minimum atomic E-state index is -0.409. The van der Waals surface area contributed by atoms with Crippen LogP contribution in [0.25, 0.3) is 0 Å². The first kappa shape index (κ1) is 28.0. The van der Waals surface area contributed by atoms with E-state index in [1.807, 2.05) is 13.0 Å². The number of carbonyl (C=O) groups excluding carboxylic acids is 2. The predicted octanol–water partition coefficient (Wildman–Crippen LogP) is 6.62. The second-order valence-corrected chi connectivity index (χ2v) is 10.6. The molecule has 0 radical (unpaired) electrons. The number of nitrogens with zero attached hydrogens (tertiary/aromatic N) is 1. The Labute approximate surface area is 228 Å². The van der Waals surface area contributed by atoms with Crippen LogP contribution >= 0.6 is 0 Å². The van der Waals surface area contributed by atoms with Gasteiger partial charge in [-0.1, -0.05) is 56.4 Å². The van der Waals surface area contributed by atoms with Gasteiger partial charge in [-0.15, -0.1) is 0 Å². The minimum absolute atomic E-state index is 0.00871. The molecule has 1 saturated carbocycles. The van der Waals surface area contributed by atoms with Gasteiger partial charge in [0.1, 0.15) is 11.3 Å². The van der Waals surface area contributed by atoms with Crippen molar-refractivity contribution in [2.45, 2.75) is 84.1 Å². The van der Waals surface area contributed by atoms with Crippen LogP contribution in [0.4, 0.5) is 5.69 Å². The van der Waals surface area contributed by atoms with E-state index in [1.165, 1.54) is 62.6 Å². The number of amides is 1. The first-order chi connectivity index (χ1) is 18.6. The Bertz CT molecular complexity index is 1060. The molecule has 0 bridgehead atoms. The molecule has 6 heteroatoms. The summed E-state index contributed by atoms with van der Waals surface area (Å²) in [6.07, 6.45) is 11.3. The van der Waals surface area contributed by atoms with E-state index >= 15 is 0 Å². The molecule has 1 saturated heterocycles. The number of piperidine rings is 1. The third-order valence-corrected chi connectivity index (χ3v) is 7.84. The van der Waals surface area contributed by atoms with Crippen molar-refractivity contribution in [3.05, 3.63) is 59.2 Å². The Kier molecular flexibility index (Phi) is 10.5. The lowest BCUT2D eigenvalue weighted by atomic mass is 9.83. The van der Waals surface area contributed by atoms with Gasteiger partial charge in [0.15, 0.2) is 0 Å². The predicted molar refractivity (Wildman–Crippen MR) is 152 cm³/mol. The smallest absolute Gasteiger partial charge is 0.341 e. The molecule has 1 aliphatic carbocycles. The number of esters is 1. The Morgan fingerprint density at radius 2 is 1.68 bits per heavy atom. The van der Waals surface area contributed by atoms with Crippen molar-refractivity contribution in [1.29, 1.82) is 0 Å². The lowest BCUT2D eigenvalue weighted by molar-refractivity contribution is -0.121. The number of anilines is 1. The highest BCUT2D eigenvalue weighted by Gasteiger charge is 2.26. The van der Waals surface area contributed by atoms with E-state index < -0.39 is 5.97 Å². The number of rotatable bonds is 11. The van der Waals surface area contributed by atoms with E-state index in [4.69, 9.17) is 9.47 Å². The summed E-state index contributed by atoms with van der Waals surface area (Å²) in [6.45, 7) is 6.55. The van der Waals surface area contributed by atoms with Gasteiger partial charge in [0, 0.05) is 18.8 Å². The minimum Gasteiger partial charge on any atom is -0.493 e. The molecule has 0 aromatic heterocycles. The molecule has 2 aromatic rings. The molecule has 2 aromatic carbocycles. The highest BCUT2D eigenvalue weighted by Crippen LogP contribution is 2.36. The topological polar surface area (TPSA) is 67.9 Å². The number of hydrogen-bond donors (Lipinski definition) is 1. The summed E-state index contributed by atoms with van der Waals surface area (Å²) in [6, 6.07) is 14.0. The Morgan fingerprint density at radius 3 is 2.42 bits per heavy atom. The summed E-state index contributed by atoms with van der Waals surface area (Å²) in [5, 5.41) is 3.42. The van der Waals surface area contributed by atoms with E-state index in [1.54, 1.807) is 19.1 Å². The SMILES string of the molecule is CCOC(=O)c1ccc(CC(=O)NC(CC2CCCCC2)c2ccccc2N2CCCCC2)cc1OCC. The van der Waals surface area contributed by atoms with Crippen molar-refractivity contribution in [3.8, 4) is 5.75 Å². The summed E-state index contributed by atoms with van der Waals surface area (Å²) in [5.41, 5.74) is 3.72. The Balaban J connectivity index is 1.54. The highest BCUT2D eigenvalue weighted by atomic mass is 16.5. The quantitative estimate of drug-likeness (QED) is 0.337. The third-order valence-electron chi connectivity index (χ3n) is 7.84. The lowest BCUT2D eigenvalue weighted by Gasteiger charge is -2.34. The number of benzene rings is 2. The fourth-order valence-electron chi connectivity index (χ4n) is 5.98. The Morgan fingerprint density at radius 1 is 0.947 bits per heavy atom. The second-order valence-electron chi connectivity index (χ2n) is 10.6. The van der Waals surface area contributed by atoms with Gasteiger partial charge in [-0.3, -0.25) is 4.79 Å². The van der Waals surface area contributed by atoms with Crippen LogP contribution in [0.3, 0.4) is 0 Å². The number of hydrogen-bond acceptors (Lipinski definition) is 5. The van der Waals surface area contributed by atoms with Gasteiger partial charge in [0.25, 0.3) is 0 Å². The zero-order chi connectivity index (χ0) is 26.7. The summed E-state index contributed by atoms with van der Waals surface area (Å²) in [5.74, 6) is 0.682. The van der Waals surface area contributed by atoms with Gasteiger partial charge in [-0.2, -0.15) is 0 Å². The summed E-state index contributed by atoms with van der Waals surface area (Å²) in [7, 11) is 0. The Hall–Kier alpha value is -3.02. The van der Waals surface area contributed by atoms with Gasteiger partial charge in [-0.25, -0.2) is 4.79 Å². The first-order valence-electron chi connectivity index (χ1n) is 14.6. The van der Waals surface area contributed by atoms with Gasteiger partial charge in [-0.05, 0) is 74.8 Å². The normalized spacial score (nSPS) is 17.1. The average molecular weight is 521 g/mol. The first-order valence-corrected chi connectivity index (χ1v) is 14.6. The molecule has 1 heterocycles. The maximum absolute atomic E-state index is 13.5. The number of nitrogens with one attached hydrogen (secondary N) is 1. The van der Waals surface area contributed by atoms with Crippen LogP contribution < -0.4 is 15.0 Å². The van der Waals surface area contributed by atoms with Crippen molar-refractivity contribution < 1.29 is 19.1 Å². The molecule has 1 atom stereocenters. The van der Waals surface area contributed by atoms with Gasteiger partial charge >= 0.3 is 5.97 Å². The molecule has 0 spiro atoms. The van der Waals surface area contributed by atoms with E-state index in [2.05, 4.69) is 34.5 Å². The zero-order valence-electron chi connectivity index (χ0n) is 23.2. The molecular weight excluding hydrogens is 476 g/mol. The van der Waals surface area contributed by atoms with E-state index in [0.29, 0.717) is 30.4 Å². The van der Waals surface area contributed by atoms with Crippen LogP contribution in [0.15, 0.2) is 42.5 Å². The molecule has 2 aliphatic rings. The van der Waals surface area contributed by atoms with Crippen LogP contribution in [0, 0.1) is 5.92 Å². The molecule has 206 valence electrons. The number of ether oxygens (including phenoxy) is 2. The fraction of sp³-hybridized carbons (Fsp3) is 0.562. The average Bonchev–Trinajstić information content (AvgIpc) is 2.94.